The average molecular weight is 945 g/mol. The van der Waals surface area contributed by atoms with Crippen molar-refractivity contribution in [3.05, 3.63) is 29.1 Å². The van der Waals surface area contributed by atoms with Crippen LogP contribution in [0.1, 0.15) is 75.2 Å². The molecule has 4 amide bonds. The first kappa shape index (κ1) is 51.6. The van der Waals surface area contributed by atoms with Crippen molar-refractivity contribution >= 4 is 29.8 Å². The molecular formula is C39H53F5N4O17. The lowest BCUT2D eigenvalue weighted by Gasteiger charge is -2.31. The molecular weight excluding hydrogens is 891 g/mol. The largest absolute Gasteiger partial charge is 0.444 e. The number of rotatable bonds is 17. The van der Waals surface area contributed by atoms with E-state index in [9.17, 15) is 45.9 Å². The van der Waals surface area contributed by atoms with Crippen LogP contribution in [0, 0.1) is 29.1 Å². The van der Waals surface area contributed by atoms with Gasteiger partial charge in [-0.1, -0.05) is 0 Å². The quantitative estimate of drug-likeness (QED) is 0.0436. The van der Waals surface area contributed by atoms with E-state index >= 15 is 0 Å². The van der Waals surface area contributed by atoms with Crippen molar-refractivity contribution < 1.29 is 103 Å². The number of methoxy groups -OCH3 is 2. The second-order valence-electron chi connectivity index (χ2n) is 17.2. The summed E-state index contributed by atoms with van der Waals surface area (Å²) in [4.78, 5) is 75.9. The zero-order valence-corrected chi connectivity index (χ0v) is 37.2. The number of nitrogens with one attached hydrogen (secondary N) is 4. The SMILES string of the molecule is CO[C@@H]1[C@H]2OC(C)(C)O[C@H]2O[C@@H]1[C@H](CC(=O)NO[C@H](C)C(=O)N[C@@H](CC(=O)NO[C@H](C)C(=O)Oc1c(F)c(F)c(F)c(F)c1F)[C@H]1O[C@@H]2OC(C)(C)O[C@@H]2[C@H]1OC)NC(=O)OC(C)(C)C. The van der Waals surface area contributed by atoms with Crippen LogP contribution in [0.15, 0.2) is 0 Å². The Balaban J connectivity index is 1.23. The van der Waals surface area contributed by atoms with Gasteiger partial charge >= 0.3 is 12.1 Å². The number of fused-ring (bicyclic) bond motifs is 2. The molecule has 0 aliphatic carbocycles. The average Bonchev–Trinajstić information content (AvgIpc) is 3.91. The normalized spacial score (nSPS) is 28.3. The Hall–Kier alpha value is -4.38. The molecule has 0 spiro atoms. The topological polar surface area (TPSA) is 244 Å². The van der Waals surface area contributed by atoms with Gasteiger partial charge in [-0.25, -0.2) is 33.7 Å². The number of benzene rings is 1. The van der Waals surface area contributed by atoms with E-state index in [4.69, 9.17) is 52.3 Å². The maximum atomic E-state index is 14.1. The van der Waals surface area contributed by atoms with Crippen molar-refractivity contribution in [2.24, 2.45) is 0 Å². The van der Waals surface area contributed by atoms with Crippen molar-refractivity contribution in [1.82, 2.24) is 21.6 Å². The Morgan fingerprint density at radius 2 is 1.06 bits per heavy atom. The van der Waals surface area contributed by atoms with E-state index in [-0.39, 0.29) is 0 Å². The molecule has 4 N–H and O–H groups in total. The van der Waals surface area contributed by atoms with Crippen molar-refractivity contribution in [1.29, 1.82) is 0 Å². The minimum Gasteiger partial charge on any atom is -0.444 e. The Labute approximate surface area is 369 Å². The van der Waals surface area contributed by atoms with Crippen LogP contribution in [0.25, 0.3) is 0 Å². The zero-order chi connectivity index (χ0) is 48.5. The lowest BCUT2D eigenvalue weighted by atomic mass is 10.00. The fourth-order valence-corrected chi connectivity index (χ4v) is 7.20. The summed E-state index contributed by atoms with van der Waals surface area (Å²) in [6, 6.07) is -2.45. The summed E-state index contributed by atoms with van der Waals surface area (Å²) >= 11 is 0. The minimum atomic E-state index is -2.48. The van der Waals surface area contributed by atoms with Crippen molar-refractivity contribution in [2.75, 3.05) is 14.2 Å². The van der Waals surface area contributed by atoms with Gasteiger partial charge < -0.3 is 58.0 Å². The third-order valence-corrected chi connectivity index (χ3v) is 10.0. The molecule has 21 nitrogen and oxygen atoms in total. The number of ether oxygens (including phenoxy) is 10. The van der Waals surface area contributed by atoms with E-state index in [1.54, 1.807) is 48.5 Å². The predicted molar refractivity (Wildman–Crippen MR) is 203 cm³/mol. The first-order chi connectivity index (χ1) is 30.1. The van der Waals surface area contributed by atoms with Crippen LogP contribution in [0.2, 0.25) is 0 Å². The van der Waals surface area contributed by atoms with E-state index in [1.165, 1.54) is 21.1 Å². The van der Waals surface area contributed by atoms with Gasteiger partial charge in [0.25, 0.3) is 5.91 Å². The molecule has 1 aromatic carbocycles. The summed E-state index contributed by atoms with van der Waals surface area (Å²) in [6.07, 6.45) is -12.9. The van der Waals surface area contributed by atoms with Crippen molar-refractivity contribution in [3.63, 3.8) is 0 Å². The third-order valence-electron chi connectivity index (χ3n) is 10.0. The van der Waals surface area contributed by atoms with Crippen LogP contribution >= 0.6 is 0 Å². The molecule has 0 unspecified atom stereocenters. The highest BCUT2D eigenvalue weighted by atomic mass is 19.2. The van der Waals surface area contributed by atoms with E-state index in [1.807, 2.05) is 5.48 Å². The number of halogens is 5. The second-order valence-corrected chi connectivity index (χ2v) is 17.2. The smallest absolute Gasteiger partial charge is 0.407 e. The number of esters is 1. The molecule has 4 saturated heterocycles. The minimum absolute atomic E-state index is 0.498. The van der Waals surface area contributed by atoms with Crippen molar-refractivity contribution in [3.8, 4) is 5.75 Å². The highest BCUT2D eigenvalue weighted by Gasteiger charge is 2.59. The Bertz CT molecular complexity index is 1930. The molecule has 65 heavy (non-hydrogen) atoms. The fraction of sp³-hybridized carbons (Fsp3) is 0.718. The van der Waals surface area contributed by atoms with E-state index in [2.05, 4.69) is 20.9 Å². The first-order valence-electron chi connectivity index (χ1n) is 20.2. The molecule has 26 heteroatoms. The van der Waals surface area contributed by atoms with Crippen LogP contribution < -0.4 is 26.3 Å². The molecule has 0 saturated carbocycles. The summed E-state index contributed by atoms with van der Waals surface area (Å²) < 4.78 is 125. The standard InChI is InChI=1S/C39H53F5N4O17/c1-14(64-47-19(50)13-17(46-36(53)63-37(3,4)5)26-29(55-11)31-35(58-26)62-39(8,9)60-31)32(51)45-16(25-28(54-10)30-34(57-25)61-38(6,7)59-30)12-18(49)48-65-15(2)33(52)56-27-23(43)21(41)20(40)22(42)24(27)44/h14-17,25-26,28-31,34-35H,12-13H2,1-11H3,(H,45,51)(H,46,53)(H,47,50)(H,48,49)/t14-,15-,16+,17+,25-,26-,28+,29+,30-,31-,34-,35-/m1/s1. The molecule has 0 radical (unpaired) electrons. The zero-order valence-electron chi connectivity index (χ0n) is 37.2. The predicted octanol–water partition coefficient (Wildman–Crippen LogP) is 2.10. The van der Waals surface area contributed by atoms with Gasteiger partial charge in [-0.2, -0.15) is 8.78 Å². The summed E-state index contributed by atoms with van der Waals surface area (Å²) in [5.41, 5.74) is 3.14. The Morgan fingerprint density at radius 3 is 1.49 bits per heavy atom. The molecule has 4 heterocycles. The van der Waals surface area contributed by atoms with E-state index < -0.39 is 168 Å². The number of alkyl carbamates (subject to hydrolysis) is 1. The maximum absolute atomic E-state index is 14.1. The van der Waals surface area contributed by atoms with Gasteiger partial charge in [-0.15, -0.1) is 0 Å². The molecule has 12 atom stereocenters. The number of hydrogen-bond acceptors (Lipinski definition) is 17. The first-order valence-corrected chi connectivity index (χ1v) is 20.2. The van der Waals surface area contributed by atoms with Crippen LogP contribution in [-0.4, -0.2) is 135 Å². The maximum Gasteiger partial charge on any atom is 0.407 e. The molecule has 4 fully saturated rings. The molecule has 4 aliphatic heterocycles. The lowest BCUT2D eigenvalue weighted by molar-refractivity contribution is -0.220. The third kappa shape index (κ3) is 12.3. The summed E-state index contributed by atoms with van der Waals surface area (Å²) in [7, 11) is 2.70. The summed E-state index contributed by atoms with van der Waals surface area (Å²) in [6.45, 7) is 13.7. The number of hydroxylamine groups is 2. The monoisotopic (exact) mass is 944 g/mol. The molecule has 1 aromatic rings. The number of amides is 4. The molecule has 366 valence electrons. The van der Waals surface area contributed by atoms with Gasteiger partial charge in [0.15, 0.2) is 36.4 Å². The summed E-state index contributed by atoms with van der Waals surface area (Å²) in [5, 5.41) is 5.19. The molecule has 0 aromatic heterocycles. The summed E-state index contributed by atoms with van der Waals surface area (Å²) in [5.74, 6) is -20.6. The van der Waals surface area contributed by atoms with Crippen molar-refractivity contribution in [2.45, 2.75) is 166 Å². The highest BCUT2D eigenvalue weighted by Crippen LogP contribution is 2.41. The van der Waals surface area contributed by atoms with E-state index in [0.717, 1.165) is 6.92 Å². The van der Waals surface area contributed by atoms with Gasteiger partial charge in [0.05, 0.1) is 24.9 Å². The van der Waals surface area contributed by atoms with Gasteiger partial charge in [0.2, 0.25) is 46.6 Å². The second kappa shape index (κ2) is 20.2. The molecule has 0 bridgehead atoms. The Kier molecular flexibility index (Phi) is 16.1. The van der Waals surface area contributed by atoms with Gasteiger partial charge in [0.1, 0.15) is 42.2 Å². The number of hydrogen-bond donors (Lipinski definition) is 4. The van der Waals surface area contributed by atoms with Gasteiger partial charge in [0, 0.05) is 14.2 Å². The fourth-order valence-electron chi connectivity index (χ4n) is 7.20. The lowest BCUT2D eigenvalue weighted by Crippen LogP contribution is -2.55. The van der Waals surface area contributed by atoms with Crippen LogP contribution in [0.4, 0.5) is 26.7 Å². The number of carbonyl (C=O) groups is 5. The van der Waals surface area contributed by atoms with Gasteiger partial charge in [-0.3, -0.25) is 24.1 Å². The van der Waals surface area contributed by atoms with E-state index in [0.29, 0.717) is 0 Å². The number of carbonyl (C=O) groups excluding carboxylic acids is 5. The molecule has 5 rings (SSSR count). The molecule has 4 aliphatic rings. The van der Waals surface area contributed by atoms with Crippen LogP contribution in [-0.2, 0) is 71.5 Å². The van der Waals surface area contributed by atoms with Crippen LogP contribution in [0.3, 0.4) is 0 Å². The van der Waals surface area contributed by atoms with Crippen LogP contribution in [0.5, 0.6) is 5.75 Å². The van der Waals surface area contributed by atoms with Gasteiger partial charge in [-0.05, 0) is 62.3 Å². The highest BCUT2D eigenvalue weighted by molar-refractivity contribution is 5.83. The Morgan fingerprint density at radius 1 is 0.646 bits per heavy atom.